The molecule has 0 heterocycles. The monoisotopic (exact) mass is 232 g/mol. The van der Waals surface area contributed by atoms with Gasteiger partial charge in [-0.15, -0.1) is 0 Å². The van der Waals surface area contributed by atoms with Gasteiger partial charge < -0.3 is 10.2 Å². The summed E-state index contributed by atoms with van der Waals surface area (Å²) in [4.78, 5) is 2.19. The number of benzene rings is 1. The summed E-state index contributed by atoms with van der Waals surface area (Å²) in [5, 5.41) is 3.33. The van der Waals surface area contributed by atoms with E-state index in [1.807, 2.05) is 13.2 Å². The maximum Gasteiger partial charge on any atom is 0.0646 e. The highest BCUT2D eigenvalue weighted by Crippen LogP contribution is 2.34. The summed E-state index contributed by atoms with van der Waals surface area (Å²) in [7, 11) is 1.98. The van der Waals surface area contributed by atoms with Crippen LogP contribution >= 0.6 is 0 Å². The van der Waals surface area contributed by atoms with Gasteiger partial charge >= 0.3 is 0 Å². The van der Waals surface area contributed by atoms with Gasteiger partial charge in [0, 0.05) is 13.1 Å². The number of nitrogens with zero attached hydrogens (tertiary/aromatic N) is 1. The minimum absolute atomic E-state index is 0.405. The van der Waals surface area contributed by atoms with Crippen LogP contribution in [0.25, 0.3) is 0 Å². The lowest BCUT2D eigenvalue weighted by atomic mass is 9.99. The summed E-state index contributed by atoms with van der Waals surface area (Å²) in [6.45, 7) is 12.7. The number of para-hydroxylation sites is 1. The summed E-state index contributed by atoms with van der Waals surface area (Å²) in [5.41, 5.74) is 3.75. The van der Waals surface area contributed by atoms with Crippen LogP contribution in [0.1, 0.15) is 39.2 Å². The summed E-state index contributed by atoms with van der Waals surface area (Å²) in [6, 6.07) is 6.84. The SMILES string of the molecule is C=CN(c1cccc(C(C)C)c1NC)C(C)C. The number of anilines is 2. The van der Waals surface area contributed by atoms with Gasteiger partial charge in [0.1, 0.15) is 0 Å². The maximum absolute atomic E-state index is 3.91. The predicted octanol–water partition coefficient (Wildman–Crippen LogP) is 4.21. The van der Waals surface area contributed by atoms with Gasteiger partial charge in [0.05, 0.1) is 11.4 Å². The molecule has 2 nitrogen and oxygen atoms in total. The van der Waals surface area contributed by atoms with Crippen molar-refractivity contribution in [1.29, 1.82) is 0 Å². The molecule has 0 fully saturated rings. The molecule has 0 atom stereocenters. The number of hydrogen-bond donors (Lipinski definition) is 1. The van der Waals surface area contributed by atoms with Crippen molar-refractivity contribution in [2.24, 2.45) is 0 Å². The third kappa shape index (κ3) is 2.82. The highest BCUT2D eigenvalue weighted by molar-refractivity contribution is 5.75. The predicted molar refractivity (Wildman–Crippen MR) is 77.9 cm³/mol. The first-order chi connectivity index (χ1) is 8.02. The average molecular weight is 232 g/mol. The van der Waals surface area contributed by atoms with E-state index < -0.39 is 0 Å². The summed E-state index contributed by atoms with van der Waals surface area (Å²) in [5.74, 6) is 0.510. The minimum Gasteiger partial charge on any atom is -0.386 e. The van der Waals surface area contributed by atoms with Crippen LogP contribution in [0.15, 0.2) is 31.0 Å². The van der Waals surface area contributed by atoms with E-state index in [1.54, 1.807) is 0 Å². The summed E-state index contributed by atoms with van der Waals surface area (Å²) >= 11 is 0. The fraction of sp³-hybridized carbons (Fsp3) is 0.467. The molecule has 0 aliphatic heterocycles. The van der Waals surface area contributed by atoms with Crippen molar-refractivity contribution in [3.05, 3.63) is 36.5 Å². The molecule has 0 saturated heterocycles. The molecular formula is C15H24N2. The molecule has 0 unspecified atom stereocenters. The van der Waals surface area contributed by atoms with Crippen LogP contribution in [0, 0.1) is 0 Å². The van der Waals surface area contributed by atoms with Crippen molar-refractivity contribution in [2.75, 3.05) is 17.3 Å². The Morgan fingerprint density at radius 1 is 1.24 bits per heavy atom. The third-order valence-electron chi connectivity index (χ3n) is 2.98. The molecule has 94 valence electrons. The topological polar surface area (TPSA) is 15.3 Å². The Morgan fingerprint density at radius 3 is 2.29 bits per heavy atom. The molecule has 1 N–H and O–H groups in total. The van der Waals surface area contributed by atoms with Crippen molar-refractivity contribution >= 4 is 11.4 Å². The highest BCUT2D eigenvalue weighted by atomic mass is 15.1. The van der Waals surface area contributed by atoms with Crippen LogP contribution in [0.4, 0.5) is 11.4 Å². The summed E-state index contributed by atoms with van der Waals surface area (Å²) in [6.07, 6.45) is 1.89. The Kier molecular flexibility index (Phi) is 4.62. The number of rotatable bonds is 5. The van der Waals surface area contributed by atoms with Crippen molar-refractivity contribution in [1.82, 2.24) is 0 Å². The lowest BCUT2D eigenvalue weighted by molar-refractivity contribution is 0.781. The van der Waals surface area contributed by atoms with E-state index >= 15 is 0 Å². The van der Waals surface area contributed by atoms with Gasteiger partial charge in [-0.1, -0.05) is 32.6 Å². The Labute approximate surface area is 105 Å². The van der Waals surface area contributed by atoms with E-state index in [9.17, 15) is 0 Å². The lowest BCUT2D eigenvalue weighted by Gasteiger charge is -2.28. The minimum atomic E-state index is 0.405. The van der Waals surface area contributed by atoms with Crippen molar-refractivity contribution < 1.29 is 0 Å². The van der Waals surface area contributed by atoms with E-state index in [-0.39, 0.29) is 0 Å². The van der Waals surface area contributed by atoms with Gasteiger partial charge in [-0.2, -0.15) is 0 Å². The smallest absolute Gasteiger partial charge is 0.0646 e. The molecule has 0 radical (unpaired) electrons. The summed E-state index contributed by atoms with van der Waals surface area (Å²) < 4.78 is 0. The average Bonchev–Trinajstić information content (AvgIpc) is 2.29. The normalized spacial score (nSPS) is 10.8. The number of nitrogens with one attached hydrogen (secondary N) is 1. The van der Waals surface area contributed by atoms with Crippen molar-refractivity contribution in [3.63, 3.8) is 0 Å². The zero-order chi connectivity index (χ0) is 13.0. The van der Waals surface area contributed by atoms with E-state index in [4.69, 9.17) is 0 Å². The molecule has 0 spiro atoms. The molecule has 1 rings (SSSR count). The Morgan fingerprint density at radius 2 is 1.88 bits per heavy atom. The van der Waals surface area contributed by atoms with Crippen LogP contribution in [0.2, 0.25) is 0 Å². The molecule has 0 saturated carbocycles. The van der Waals surface area contributed by atoms with Crippen LogP contribution < -0.4 is 10.2 Å². The molecule has 0 amide bonds. The van der Waals surface area contributed by atoms with Crippen LogP contribution in [-0.4, -0.2) is 13.1 Å². The highest BCUT2D eigenvalue weighted by Gasteiger charge is 2.15. The van der Waals surface area contributed by atoms with Crippen LogP contribution in [0.3, 0.4) is 0 Å². The molecule has 0 aliphatic carbocycles. The van der Waals surface area contributed by atoms with Gasteiger partial charge in [0.15, 0.2) is 0 Å². The first-order valence-electron chi connectivity index (χ1n) is 6.24. The second kappa shape index (κ2) is 5.76. The van der Waals surface area contributed by atoms with Gasteiger partial charge in [0.2, 0.25) is 0 Å². The van der Waals surface area contributed by atoms with E-state index in [1.165, 1.54) is 16.9 Å². The van der Waals surface area contributed by atoms with Gasteiger partial charge in [-0.05, 0) is 37.6 Å². The standard InChI is InChI=1S/C15H24N2/c1-7-17(12(4)5)14-10-8-9-13(11(2)3)15(14)16-6/h7-12,16H,1H2,2-6H3. The molecular weight excluding hydrogens is 208 g/mol. The van der Waals surface area contributed by atoms with E-state index in [2.05, 4.69) is 62.7 Å². The molecule has 1 aromatic carbocycles. The van der Waals surface area contributed by atoms with Crippen molar-refractivity contribution in [2.45, 2.75) is 39.7 Å². The molecule has 0 bridgehead atoms. The Balaban J connectivity index is 3.32. The van der Waals surface area contributed by atoms with Gasteiger partial charge in [-0.3, -0.25) is 0 Å². The third-order valence-corrected chi connectivity index (χ3v) is 2.98. The zero-order valence-corrected chi connectivity index (χ0v) is 11.6. The maximum atomic E-state index is 3.91. The second-order valence-electron chi connectivity index (χ2n) is 4.83. The number of hydrogen-bond acceptors (Lipinski definition) is 2. The molecule has 1 aromatic rings. The quantitative estimate of drug-likeness (QED) is 0.818. The fourth-order valence-corrected chi connectivity index (χ4v) is 2.11. The Hall–Kier alpha value is -1.44. The Bertz CT molecular complexity index is 381. The molecule has 0 aliphatic rings. The van der Waals surface area contributed by atoms with Crippen molar-refractivity contribution in [3.8, 4) is 0 Å². The van der Waals surface area contributed by atoms with E-state index in [0.29, 0.717) is 12.0 Å². The lowest BCUT2D eigenvalue weighted by Crippen LogP contribution is -2.25. The van der Waals surface area contributed by atoms with Gasteiger partial charge in [0.25, 0.3) is 0 Å². The zero-order valence-electron chi connectivity index (χ0n) is 11.6. The van der Waals surface area contributed by atoms with Gasteiger partial charge in [-0.25, -0.2) is 0 Å². The molecule has 0 aromatic heterocycles. The molecule has 2 heteroatoms. The first-order valence-corrected chi connectivity index (χ1v) is 6.24. The van der Waals surface area contributed by atoms with Crippen LogP contribution in [0.5, 0.6) is 0 Å². The fourth-order valence-electron chi connectivity index (χ4n) is 2.11. The van der Waals surface area contributed by atoms with E-state index in [0.717, 1.165) is 0 Å². The largest absolute Gasteiger partial charge is 0.386 e. The first kappa shape index (κ1) is 13.6. The second-order valence-corrected chi connectivity index (χ2v) is 4.83. The molecule has 17 heavy (non-hydrogen) atoms. The van der Waals surface area contributed by atoms with Crippen LogP contribution in [-0.2, 0) is 0 Å².